The van der Waals surface area contributed by atoms with Gasteiger partial charge in [-0.3, -0.25) is 4.57 Å². The van der Waals surface area contributed by atoms with Gasteiger partial charge in [-0.1, -0.05) is 18.2 Å². The van der Waals surface area contributed by atoms with Gasteiger partial charge >= 0.3 is 5.97 Å². The topological polar surface area (TPSA) is 81.1 Å². The zero-order valence-corrected chi connectivity index (χ0v) is 7.79. The summed E-state index contributed by atoms with van der Waals surface area (Å²) in [5, 5.41) is 8.96. The molecule has 0 atom stereocenters. The number of hydrogen-bond donors (Lipinski definition) is 2. The molecule has 0 saturated carbocycles. The van der Waals surface area contributed by atoms with Crippen molar-refractivity contribution in [2.75, 3.05) is 5.73 Å². The van der Waals surface area contributed by atoms with Crippen LogP contribution in [0.25, 0.3) is 5.69 Å². The molecule has 0 amide bonds. The van der Waals surface area contributed by atoms with Gasteiger partial charge in [0.05, 0.1) is 0 Å². The quantitative estimate of drug-likeness (QED) is 0.767. The molecule has 2 rings (SSSR count). The first-order valence-corrected chi connectivity index (χ1v) is 4.31. The molecule has 0 aliphatic heterocycles. The van der Waals surface area contributed by atoms with Crippen molar-refractivity contribution in [1.29, 1.82) is 0 Å². The standard InChI is InChI=1S/C10H9N3O2/c11-9-8(10(14)15)13(6-12-9)7-4-2-1-3-5-7/h1-6H,11H2,(H,14,15). The van der Waals surface area contributed by atoms with Gasteiger partial charge in [-0.2, -0.15) is 0 Å². The van der Waals surface area contributed by atoms with E-state index in [0.717, 1.165) is 5.69 Å². The van der Waals surface area contributed by atoms with Gasteiger partial charge in [0.15, 0.2) is 11.5 Å². The largest absolute Gasteiger partial charge is 0.476 e. The van der Waals surface area contributed by atoms with Crippen molar-refractivity contribution in [1.82, 2.24) is 9.55 Å². The SMILES string of the molecule is Nc1ncn(-c2ccccc2)c1C(=O)O. The number of aromatic nitrogens is 2. The first-order valence-electron chi connectivity index (χ1n) is 4.31. The van der Waals surface area contributed by atoms with Crippen molar-refractivity contribution >= 4 is 11.8 Å². The number of hydrogen-bond acceptors (Lipinski definition) is 3. The van der Waals surface area contributed by atoms with E-state index in [2.05, 4.69) is 4.98 Å². The molecule has 1 aromatic carbocycles. The van der Waals surface area contributed by atoms with Crippen LogP contribution in [0.4, 0.5) is 5.82 Å². The highest BCUT2D eigenvalue weighted by molar-refractivity contribution is 5.91. The molecule has 76 valence electrons. The van der Waals surface area contributed by atoms with Gasteiger partial charge in [0.1, 0.15) is 6.33 Å². The highest BCUT2D eigenvalue weighted by atomic mass is 16.4. The summed E-state index contributed by atoms with van der Waals surface area (Å²) < 4.78 is 1.44. The average molecular weight is 203 g/mol. The number of imidazole rings is 1. The summed E-state index contributed by atoms with van der Waals surface area (Å²) in [5.74, 6) is -1.07. The van der Waals surface area contributed by atoms with Crippen LogP contribution < -0.4 is 5.73 Å². The summed E-state index contributed by atoms with van der Waals surface area (Å²) in [5.41, 5.74) is 6.18. The van der Waals surface area contributed by atoms with E-state index in [1.807, 2.05) is 18.2 Å². The number of aromatic carboxylic acids is 1. The van der Waals surface area contributed by atoms with Crippen molar-refractivity contribution in [2.24, 2.45) is 0 Å². The Balaban J connectivity index is 2.59. The lowest BCUT2D eigenvalue weighted by Gasteiger charge is -2.04. The lowest BCUT2D eigenvalue weighted by atomic mass is 10.3. The molecule has 0 spiro atoms. The van der Waals surface area contributed by atoms with E-state index in [0.29, 0.717) is 0 Å². The van der Waals surface area contributed by atoms with Gasteiger partial charge < -0.3 is 10.8 Å². The molecular weight excluding hydrogens is 194 g/mol. The minimum absolute atomic E-state index is 0.0128. The number of benzene rings is 1. The Morgan fingerprint density at radius 2 is 2.00 bits per heavy atom. The van der Waals surface area contributed by atoms with Crippen LogP contribution >= 0.6 is 0 Å². The molecule has 3 N–H and O–H groups in total. The van der Waals surface area contributed by atoms with Gasteiger partial charge in [-0.15, -0.1) is 0 Å². The summed E-state index contributed by atoms with van der Waals surface area (Å²) in [6.45, 7) is 0. The fraction of sp³-hybridized carbons (Fsp3) is 0. The molecule has 0 aliphatic carbocycles. The van der Waals surface area contributed by atoms with Gasteiger partial charge in [0, 0.05) is 5.69 Å². The van der Waals surface area contributed by atoms with Gasteiger partial charge in [-0.25, -0.2) is 9.78 Å². The minimum atomic E-state index is -1.09. The zero-order chi connectivity index (χ0) is 10.8. The summed E-state index contributed by atoms with van der Waals surface area (Å²) in [6.07, 6.45) is 1.40. The number of nitrogen functional groups attached to an aromatic ring is 1. The smallest absolute Gasteiger partial charge is 0.356 e. The van der Waals surface area contributed by atoms with Crippen molar-refractivity contribution in [3.8, 4) is 5.69 Å². The number of anilines is 1. The van der Waals surface area contributed by atoms with E-state index in [1.165, 1.54) is 10.9 Å². The van der Waals surface area contributed by atoms with Crippen LogP contribution in [0.3, 0.4) is 0 Å². The van der Waals surface area contributed by atoms with Crippen LogP contribution in [-0.4, -0.2) is 20.6 Å². The minimum Gasteiger partial charge on any atom is -0.476 e. The first-order chi connectivity index (χ1) is 7.20. The van der Waals surface area contributed by atoms with Crippen LogP contribution in [0.5, 0.6) is 0 Å². The summed E-state index contributed by atoms with van der Waals surface area (Å²) in [4.78, 5) is 14.7. The molecule has 0 aliphatic rings. The molecule has 0 bridgehead atoms. The van der Waals surface area contributed by atoms with E-state index in [1.54, 1.807) is 12.1 Å². The third-order valence-corrected chi connectivity index (χ3v) is 2.03. The number of nitrogens with zero attached hydrogens (tertiary/aromatic N) is 2. The molecule has 15 heavy (non-hydrogen) atoms. The van der Waals surface area contributed by atoms with Crippen molar-refractivity contribution in [3.63, 3.8) is 0 Å². The summed E-state index contributed by atoms with van der Waals surface area (Å²) in [6, 6.07) is 9.06. The predicted molar refractivity (Wildman–Crippen MR) is 54.9 cm³/mol. The maximum absolute atomic E-state index is 10.9. The van der Waals surface area contributed by atoms with Crippen LogP contribution in [0.1, 0.15) is 10.5 Å². The van der Waals surface area contributed by atoms with E-state index < -0.39 is 5.97 Å². The average Bonchev–Trinajstić information content (AvgIpc) is 2.61. The third kappa shape index (κ3) is 1.54. The van der Waals surface area contributed by atoms with E-state index in [-0.39, 0.29) is 11.5 Å². The van der Waals surface area contributed by atoms with Gasteiger partial charge in [0.2, 0.25) is 0 Å². The molecule has 0 unspecified atom stereocenters. The van der Waals surface area contributed by atoms with Crippen LogP contribution in [0.15, 0.2) is 36.7 Å². The number of nitrogens with two attached hydrogens (primary N) is 1. The predicted octanol–water partition coefficient (Wildman–Crippen LogP) is 1.15. The summed E-state index contributed by atoms with van der Waals surface area (Å²) in [7, 11) is 0. The van der Waals surface area contributed by atoms with Crippen molar-refractivity contribution < 1.29 is 9.90 Å². The first kappa shape index (κ1) is 9.26. The van der Waals surface area contributed by atoms with Crippen molar-refractivity contribution in [3.05, 3.63) is 42.4 Å². The normalized spacial score (nSPS) is 10.1. The lowest BCUT2D eigenvalue weighted by Crippen LogP contribution is -2.08. The Morgan fingerprint density at radius 3 is 2.60 bits per heavy atom. The third-order valence-electron chi connectivity index (χ3n) is 2.03. The van der Waals surface area contributed by atoms with Gasteiger partial charge in [0.25, 0.3) is 0 Å². The second kappa shape index (κ2) is 3.45. The van der Waals surface area contributed by atoms with Crippen LogP contribution in [0, 0.1) is 0 Å². The number of para-hydroxylation sites is 1. The van der Waals surface area contributed by atoms with Gasteiger partial charge in [-0.05, 0) is 12.1 Å². The Morgan fingerprint density at radius 1 is 1.33 bits per heavy atom. The molecular formula is C10H9N3O2. The molecule has 1 heterocycles. The highest BCUT2D eigenvalue weighted by Crippen LogP contribution is 2.15. The van der Waals surface area contributed by atoms with E-state index in [4.69, 9.17) is 10.8 Å². The Labute approximate surface area is 85.8 Å². The fourth-order valence-electron chi connectivity index (χ4n) is 1.36. The molecule has 2 aromatic rings. The maximum Gasteiger partial charge on any atom is 0.356 e. The van der Waals surface area contributed by atoms with E-state index >= 15 is 0 Å². The van der Waals surface area contributed by atoms with Crippen LogP contribution in [-0.2, 0) is 0 Å². The molecule has 1 aromatic heterocycles. The molecule has 0 saturated heterocycles. The second-order valence-electron chi connectivity index (χ2n) is 2.99. The van der Waals surface area contributed by atoms with Crippen LogP contribution in [0.2, 0.25) is 0 Å². The number of carbonyl (C=O) groups is 1. The highest BCUT2D eigenvalue weighted by Gasteiger charge is 2.16. The number of carboxylic acid groups (broad SMARTS) is 1. The lowest BCUT2D eigenvalue weighted by molar-refractivity contribution is 0.0689. The maximum atomic E-state index is 10.9. The number of carboxylic acids is 1. The molecule has 0 fully saturated rings. The van der Waals surface area contributed by atoms with E-state index in [9.17, 15) is 4.79 Å². The fourth-order valence-corrected chi connectivity index (χ4v) is 1.36. The second-order valence-corrected chi connectivity index (χ2v) is 2.99. The summed E-state index contributed by atoms with van der Waals surface area (Å²) >= 11 is 0. The molecule has 5 heteroatoms. The monoisotopic (exact) mass is 203 g/mol. The zero-order valence-electron chi connectivity index (χ0n) is 7.79. The van der Waals surface area contributed by atoms with Crippen molar-refractivity contribution in [2.45, 2.75) is 0 Å². The Hall–Kier alpha value is -2.30. The number of rotatable bonds is 2. The molecule has 0 radical (unpaired) electrons. The Bertz CT molecular complexity index is 491. The molecule has 5 nitrogen and oxygen atoms in total. The Kier molecular flexibility index (Phi) is 2.13.